The van der Waals surface area contributed by atoms with Gasteiger partial charge in [0.05, 0.1) is 11.3 Å². The molecule has 1 aromatic heterocycles. The van der Waals surface area contributed by atoms with Crippen molar-refractivity contribution in [3.63, 3.8) is 0 Å². The van der Waals surface area contributed by atoms with Gasteiger partial charge in [0.1, 0.15) is 5.82 Å². The first-order valence-electron chi connectivity index (χ1n) is 4.21. The minimum atomic E-state index is -0.493. The highest BCUT2D eigenvalue weighted by Gasteiger charge is 2.13. The van der Waals surface area contributed by atoms with E-state index in [0.29, 0.717) is 5.69 Å². The van der Waals surface area contributed by atoms with Crippen molar-refractivity contribution in [2.75, 3.05) is 0 Å². The average Bonchev–Trinajstić information content (AvgIpc) is 2.70. The molecule has 2 nitrogen and oxygen atoms in total. The van der Waals surface area contributed by atoms with Crippen LogP contribution in [0, 0.1) is 5.82 Å². The molecule has 1 aromatic carbocycles. The lowest BCUT2D eigenvalue weighted by Gasteiger charge is -1.99. The van der Waals surface area contributed by atoms with E-state index in [2.05, 4.69) is 4.98 Å². The average molecular weight is 189 g/mol. The SMILES string of the molecule is O=C(c1ccc[nH]1)c1ccccc1F. The number of carbonyl (C=O) groups is 1. The maximum atomic E-state index is 13.2. The lowest BCUT2D eigenvalue weighted by atomic mass is 10.1. The van der Waals surface area contributed by atoms with Crippen LogP contribution in [0.4, 0.5) is 4.39 Å². The van der Waals surface area contributed by atoms with Crippen LogP contribution < -0.4 is 0 Å². The first-order valence-corrected chi connectivity index (χ1v) is 4.21. The third-order valence-electron chi connectivity index (χ3n) is 1.96. The van der Waals surface area contributed by atoms with Gasteiger partial charge in [-0.15, -0.1) is 0 Å². The van der Waals surface area contributed by atoms with Crippen LogP contribution >= 0.6 is 0 Å². The zero-order valence-electron chi connectivity index (χ0n) is 7.33. The van der Waals surface area contributed by atoms with Gasteiger partial charge in [0.15, 0.2) is 0 Å². The molecule has 0 spiro atoms. The minimum Gasteiger partial charge on any atom is -0.359 e. The molecule has 3 heteroatoms. The molecule has 0 saturated carbocycles. The molecule has 0 aliphatic carbocycles. The molecule has 0 atom stereocenters. The molecule has 0 bridgehead atoms. The number of ketones is 1. The summed E-state index contributed by atoms with van der Waals surface area (Å²) in [5.74, 6) is -0.819. The summed E-state index contributed by atoms with van der Waals surface area (Å²) in [5.41, 5.74) is 0.491. The number of nitrogens with one attached hydrogen (secondary N) is 1. The predicted molar refractivity (Wildman–Crippen MR) is 50.6 cm³/mol. The van der Waals surface area contributed by atoms with Crippen molar-refractivity contribution in [2.45, 2.75) is 0 Å². The van der Waals surface area contributed by atoms with Gasteiger partial charge in [0.2, 0.25) is 5.78 Å². The van der Waals surface area contributed by atoms with Crippen LogP contribution in [-0.4, -0.2) is 10.8 Å². The molecule has 0 fully saturated rings. The molecule has 70 valence electrons. The molecular formula is C11H8FNO. The van der Waals surface area contributed by atoms with E-state index in [4.69, 9.17) is 0 Å². The Balaban J connectivity index is 2.42. The van der Waals surface area contributed by atoms with Crippen LogP contribution in [0.25, 0.3) is 0 Å². The molecule has 0 unspecified atom stereocenters. The molecule has 1 N–H and O–H groups in total. The van der Waals surface area contributed by atoms with Crippen LogP contribution in [-0.2, 0) is 0 Å². The second kappa shape index (κ2) is 3.46. The molecule has 0 amide bonds. The Kier molecular flexibility index (Phi) is 2.14. The van der Waals surface area contributed by atoms with E-state index < -0.39 is 5.82 Å². The number of aromatic nitrogens is 1. The fourth-order valence-corrected chi connectivity index (χ4v) is 1.26. The van der Waals surface area contributed by atoms with Crippen LogP contribution in [0.5, 0.6) is 0 Å². The highest BCUT2D eigenvalue weighted by Crippen LogP contribution is 2.11. The topological polar surface area (TPSA) is 32.9 Å². The second-order valence-corrected chi connectivity index (χ2v) is 2.89. The van der Waals surface area contributed by atoms with Crippen LogP contribution in [0.3, 0.4) is 0 Å². The summed E-state index contributed by atoms with van der Waals surface area (Å²) in [6, 6.07) is 9.26. The fraction of sp³-hybridized carbons (Fsp3) is 0. The Labute approximate surface area is 80.4 Å². The summed E-state index contributed by atoms with van der Waals surface area (Å²) in [4.78, 5) is 14.4. The van der Waals surface area contributed by atoms with E-state index in [1.165, 1.54) is 12.1 Å². The number of benzene rings is 1. The van der Waals surface area contributed by atoms with Crippen molar-refractivity contribution in [1.82, 2.24) is 4.98 Å². The van der Waals surface area contributed by atoms with Crippen molar-refractivity contribution in [1.29, 1.82) is 0 Å². The fourth-order valence-electron chi connectivity index (χ4n) is 1.26. The second-order valence-electron chi connectivity index (χ2n) is 2.89. The van der Waals surface area contributed by atoms with Gasteiger partial charge in [-0.2, -0.15) is 0 Å². The Morgan fingerprint density at radius 1 is 1.14 bits per heavy atom. The largest absolute Gasteiger partial charge is 0.359 e. The van der Waals surface area contributed by atoms with Crippen molar-refractivity contribution < 1.29 is 9.18 Å². The maximum Gasteiger partial charge on any atom is 0.212 e. The van der Waals surface area contributed by atoms with Crippen molar-refractivity contribution in [3.8, 4) is 0 Å². The first kappa shape index (κ1) is 8.69. The van der Waals surface area contributed by atoms with E-state index in [1.807, 2.05) is 0 Å². The zero-order valence-corrected chi connectivity index (χ0v) is 7.33. The Morgan fingerprint density at radius 3 is 2.57 bits per heavy atom. The summed E-state index contributed by atoms with van der Waals surface area (Å²) >= 11 is 0. The van der Waals surface area contributed by atoms with E-state index in [9.17, 15) is 9.18 Å². The minimum absolute atomic E-state index is 0.0925. The summed E-state index contributed by atoms with van der Waals surface area (Å²) in [7, 11) is 0. The molecule has 0 saturated heterocycles. The predicted octanol–water partition coefficient (Wildman–Crippen LogP) is 2.38. The van der Waals surface area contributed by atoms with Crippen LogP contribution in [0.2, 0.25) is 0 Å². The highest BCUT2D eigenvalue weighted by molar-refractivity contribution is 6.07. The van der Waals surface area contributed by atoms with Gasteiger partial charge in [0.25, 0.3) is 0 Å². The van der Waals surface area contributed by atoms with Crippen molar-refractivity contribution in [2.24, 2.45) is 0 Å². The standard InChI is InChI=1S/C11H8FNO/c12-9-5-2-1-4-8(9)11(14)10-6-3-7-13-10/h1-7,13H. The number of aromatic amines is 1. The maximum absolute atomic E-state index is 13.2. The quantitative estimate of drug-likeness (QED) is 0.723. The number of carbonyl (C=O) groups excluding carboxylic acids is 1. The zero-order chi connectivity index (χ0) is 9.97. The van der Waals surface area contributed by atoms with E-state index >= 15 is 0 Å². The Bertz CT molecular complexity index is 448. The highest BCUT2D eigenvalue weighted by atomic mass is 19.1. The number of rotatable bonds is 2. The van der Waals surface area contributed by atoms with Crippen LogP contribution in [0.15, 0.2) is 42.6 Å². The molecule has 2 aromatic rings. The van der Waals surface area contributed by atoms with Gasteiger partial charge in [-0.05, 0) is 24.3 Å². The van der Waals surface area contributed by atoms with Crippen LogP contribution in [0.1, 0.15) is 16.1 Å². The Morgan fingerprint density at radius 2 is 1.93 bits per heavy atom. The van der Waals surface area contributed by atoms with Gasteiger partial charge in [-0.1, -0.05) is 12.1 Å². The summed E-state index contributed by atoms with van der Waals surface area (Å²) in [6.07, 6.45) is 1.63. The van der Waals surface area contributed by atoms with Crippen molar-refractivity contribution >= 4 is 5.78 Å². The van der Waals surface area contributed by atoms with E-state index in [1.54, 1.807) is 30.5 Å². The molecule has 14 heavy (non-hydrogen) atoms. The van der Waals surface area contributed by atoms with Gasteiger partial charge >= 0.3 is 0 Å². The molecule has 0 aliphatic rings. The summed E-state index contributed by atoms with van der Waals surface area (Å²) < 4.78 is 13.2. The van der Waals surface area contributed by atoms with Gasteiger partial charge < -0.3 is 4.98 Å². The normalized spacial score (nSPS) is 10.1. The smallest absolute Gasteiger partial charge is 0.212 e. The summed E-state index contributed by atoms with van der Waals surface area (Å²) in [6.45, 7) is 0. The lowest BCUT2D eigenvalue weighted by molar-refractivity contribution is 0.103. The van der Waals surface area contributed by atoms with Gasteiger partial charge in [-0.3, -0.25) is 4.79 Å². The monoisotopic (exact) mass is 189 g/mol. The molecular weight excluding hydrogens is 181 g/mol. The molecule has 2 rings (SSSR count). The first-order chi connectivity index (χ1) is 6.79. The van der Waals surface area contributed by atoms with E-state index in [0.717, 1.165) is 0 Å². The summed E-state index contributed by atoms with van der Waals surface area (Å²) in [5, 5.41) is 0. The Hall–Kier alpha value is -1.90. The van der Waals surface area contributed by atoms with E-state index in [-0.39, 0.29) is 11.3 Å². The van der Waals surface area contributed by atoms with Crippen molar-refractivity contribution in [3.05, 3.63) is 59.7 Å². The molecule has 0 radical (unpaired) electrons. The number of hydrogen-bond acceptors (Lipinski definition) is 1. The number of H-pyrrole nitrogens is 1. The third kappa shape index (κ3) is 1.44. The number of halogens is 1. The molecule has 1 heterocycles. The number of hydrogen-bond donors (Lipinski definition) is 1. The molecule has 0 aliphatic heterocycles. The van der Waals surface area contributed by atoms with Gasteiger partial charge in [-0.25, -0.2) is 4.39 Å². The van der Waals surface area contributed by atoms with Gasteiger partial charge in [0, 0.05) is 6.20 Å². The third-order valence-corrected chi connectivity index (χ3v) is 1.96. The lowest BCUT2D eigenvalue weighted by Crippen LogP contribution is -2.03.